The number of nitrogens with zero attached hydrogens (tertiary/aromatic N) is 3. The fraction of sp³-hybridized carbons (Fsp3) is 0.360. The second-order valence-electron chi connectivity index (χ2n) is 8.75. The van der Waals surface area contributed by atoms with E-state index < -0.39 is 0 Å². The number of β-amino-alcohol motifs (C(OH)–C–C–N with tert-alkyl or cyclic N) is 1. The maximum atomic E-state index is 14.0. The standard InChI is InChI=1S/C25H27FN4O3/c1-15-9-16(6-8-29(15)14-24(32)30-12-18(31)13-30)22-11-21-19(5-7-27-25(21)28-22)20-10-17(26)3-4-23(20)33-2/h3-5,7,9-11,15,18,31H,6,8,12-14H2,1-2H3,(H,27,28)/t15-/m1/s1. The van der Waals surface area contributed by atoms with E-state index in [9.17, 15) is 14.3 Å². The van der Waals surface area contributed by atoms with Gasteiger partial charge in [0.25, 0.3) is 0 Å². The molecule has 2 aliphatic rings. The summed E-state index contributed by atoms with van der Waals surface area (Å²) < 4.78 is 19.5. The van der Waals surface area contributed by atoms with Crippen molar-refractivity contribution in [2.45, 2.75) is 25.5 Å². The third-order valence-corrected chi connectivity index (χ3v) is 6.57. The molecule has 33 heavy (non-hydrogen) atoms. The predicted octanol–water partition coefficient (Wildman–Crippen LogP) is 3.06. The molecule has 5 rings (SSSR count). The minimum Gasteiger partial charge on any atom is -0.496 e. The van der Waals surface area contributed by atoms with Gasteiger partial charge in [-0.05, 0) is 54.8 Å². The third-order valence-electron chi connectivity index (χ3n) is 6.57. The molecule has 2 aliphatic heterocycles. The lowest BCUT2D eigenvalue weighted by atomic mass is 9.99. The van der Waals surface area contributed by atoms with Gasteiger partial charge in [0.2, 0.25) is 5.91 Å². The van der Waals surface area contributed by atoms with Crippen LogP contribution in [-0.4, -0.2) is 76.2 Å². The van der Waals surface area contributed by atoms with Gasteiger partial charge in [0.05, 0.1) is 19.8 Å². The summed E-state index contributed by atoms with van der Waals surface area (Å²) in [5.74, 6) is 0.345. The Bertz CT molecular complexity index is 1230. The van der Waals surface area contributed by atoms with Crippen molar-refractivity contribution in [2.24, 2.45) is 0 Å². The zero-order valence-electron chi connectivity index (χ0n) is 18.7. The van der Waals surface area contributed by atoms with E-state index >= 15 is 0 Å². The molecule has 0 saturated carbocycles. The van der Waals surface area contributed by atoms with Gasteiger partial charge in [-0.2, -0.15) is 0 Å². The molecule has 1 saturated heterocycles. The monoisotopic (exact) mass is 450 g/mol. The quantitative estimate of drug-likeness (QED) is 0.625. The topological polar surface area (TPSA) is 81.7 Å². The Morgan fingerprint density at radius 3 is 2.82 bits per heavy atom. The highest BCUT2D eigenvalue weighted by atomic mass is 19.1. The number of halogens is 1. The summed E-state index contributed by atoms with van der Waals surface area (Å²) in [6.07, 6.45) is 4.30. The Balaban J connectivity index is 1.41. The third kappa shape index (κ3) is 4.12. The molecule has 0 bridgehead atoms. The molecule has 1 fully saturated rings. The van der Waals surface area contributed by atoms with Crippen molar-refractivity contribution in [3.63, 3.8) is 0 Å². The number of nitrogens with one attached hydrogen (secondary N) is 1. The van der Waals surface area contributed by atoms with Gasteiger partial charge in [-0.25, -0.2) is 9.37 Å². The number of amides is 1. The summed E-state index contributed by atoms with van der Waals surface area (Å²) in [6, 6.07) is 8.53. The van der Waals surface area contributed by atoms with Gasteiger partial charge in [0, 0.05) is 48.5 Å². The van der Waals surface area contributed by atoms with E-state index in [2.05, 4.69) is 33.9 Å². The highest BCUT2D eigenvalue weighted by molar-refractivity contribution is 5.96. The van der Waals surface area contributed by atoms with Crippen LogP contribution in [0, 0.1) is 5.82 Å². The largest absolute Gasteiger partial charge is 0.496 e. The van der Waals surface area contributed by atoms with E-state index in [-0.39, 0.29) is 23.9 Å². The molecule has 172 valence electrons. The first-order valence-corrected chi connectivity index (χ1v) is 11.2. The smallest absolute Gasteiger partial charge is 0.236 e. The van der Waals surface area contributed by atoms with Crippen molar-refractivity contribution in [2.75, 3.05) is 33.3 Å². The number of hydrogen-bond donors (Lipinski definition) is 2. The number of likely N-dealkylation sites (tertiary alicyclic amines) is 1. The highest BCUT2D eigenvalue weighted by Crippen LogP contribution is 2.37. The average molecular weight is 451 g/mol. The lowest BCUT2D eigenvalue weighted by Crippen LogP contribution is -2.56. The van der Waals surface area contributed by atoms with Crippen molar-refractivity contribution in [1.29, 1.82) is 0 Å². The van der Waals surface area contributed by atoms with Crippen molar-refractivity contribution >= 4 is 22.5 Å². The zero-order chi connectivity index (χ0) is 23.1. The minimum absolute atomic E-state index is 0.0625. The molecule has 2 aromatic heterocycles. The summed E-state index contributed by atoms with van der Waals surface area (Å²) in [5, 5.41) is 10.3. The van der Waals surface area contributed by atoms with Gasteiger partial charge in [0.1, 0.15) is 17.2 Å². The molecule has 0 radical (unpaired) electrons. The molecule has 1 aromatic carbocycles. The first kappa shape index (κ1) is 21.6. The van der Waals surface area contributed by atoms with Crippen LogP contribution in [0.5, 0.6) is 5.75 Å². The highest BCUT2D eigenvalue weighted by Gasteiger charge is 2.31. The molecule has 1 atom stereocenters. The van der Waals surface area contributed by atoms with Gasteiger partial charge in [-0.3, -0.25) is 9.69 Å². The van der Waals surface area contributed by atoms with Gasteiger partial charge >= 0.3 is 0 Å². The Labute approximate surface area is 191 Å². The number of H-pyrrole nitrogens is 1. The molecule has 2 N–H and O–H groups in total. The van der Waals surface area contributed by atoms with E-state index in [1.165, 1.54) is 17.7 Å². The van der Waals surface area contributed by atoms with Gasteiger partial charge in [0.15, 0.2) is 0 Å². The van der Waals surface area contributed by atoms with Crippen LogP contribution in [0.15, 0.2) is 42.6 Å². The lowest BCUT2D eigenvalue weighted by Gasteiger charge is -2.39. The SMILES string of the molecule is COc1ccc(F)cc1-c1ccnc2[nH]c(C3=C[C@@H](C)N(CC(=O)N4CC(O)C4)CC3)cc12. The lowest BCUT2D eigenvalue weighted by molar-refractivity contribution is -0.142. The summed E-state index contributed by atoms with van der Waals surface area (Å²) >= 11 is 0. The summed E-state index contributed by atoms with van der Waals surface area (Å²) in [4.78, 5) is 24.1. The van der Waals surface area contributed by atoms with Crippen LogP contribution in [-0.2, 0) is 4.79 Å². The molecule has 7 nitrogen and oxygen atoms in total. The van der Waals surface area contributed by atoms with E-state index in [1.54, 1.807) is 24.3 Å². The zero-order valence-corrected chi connectivity index (χ0v) is 18.7. The number of hydrogen-bond acceptors (Lipinski definition) is 5. The van der Waals surface area contributed by atoms with Crippen LogP contribution in [0.4, 0.5) is 4.39 Å². The average Bonchev–Trinajstić information content (AvgIpc) is 3.22. The summed E-state index contributed by atoms with van der Waals surface area (Å²) in [7, 11) is 1.58. The number of carbonyl (C=O) groups excluding carboxylic acids is 1. The second-order valence-corrected chi connectivity index (χ2v) is 8.75. The van der Waals surface area contributed by atoms with E-state index in [1.807, 2.05) is 6.07 Å². The van der Waals surface area contributed by atoms with Crippen LogP contribution >= 0.6 is 0 Å². The number of aromatic amines is 1. The van der Waals surface area contributed by atoms with Crippen LogP contribution in [0.1, 0.15) is 19.0 Å². The number of carbonyl (C=O) groups is 1. The summed E-state index contributed by atoms with van der Waals surface area (Å²) in [5.41, 5.74) is 4.41. The maximum Gasteiger partial charge on any atom is 0.236 e. The van der Waals surface area contributed by atoms with E-state index in [4.69, 9.17) is 4.74 Å². The Morgan fingerprint density at radius 1 is 1.27 bits per heavy atom. The molecule has 8 heteroatoms. The van der Waals surface area contributed by atoms with Crippen LogP contribution < -0.4 is 4.74 Å². The van der Waals surface area contributed by atoms with Gasteiger partial charge in [-0.15, -0.1) is 0 Å². The second kappa shape index (κ2) is 8.61. The molecular weight excluding hydrogens is 423 g/mol. The number of rotatable bonds is 5. The fourth-order valence-electron chi connectivity index (χ4n) is 4.65. The van der Waals surface area contributed by atoms with Crippen molar-refractivity contribution in [3.8, 4) is 16.9 Å². The maximum absolute atomic E-state index is 14.0. The summed E-state index contributed by atoms with van der Waals surface area (Å²) in [6.45, 7) is 4.07. The van der Waals surface area contributed by atoms with Crippen LogP contribution in [0.25, 0.3) is 27.7 Å². The van der Waals surface area contributed by atoms with Crippen molar-refractivity contribution in [1.82, 2.24) is 19.8 Å². The number of methoxy groups -OCH3 is 1. The molecule has 4 heterocycles. The first-order valence-electron chi connectivity index (χ1n) is 11.2. The minimum atomic E-state index is -0.382. The molecule has 0 spiro atoms. The molecule has 1 amide bonds. The number of ether oxygens (including phenoxy) is 1. The molecule has 3 aromatic rings. The van der Waals surface area contributed by atoms with Crippen LogP contribution in [0.2, 0.25) is 0 Å². The first-order chi connectivity index (χ1) is 15.9. The van der Waals surface area contributed by atoms with E-state index in [0.717, 1.165) is 35.3 Å². The number of pyridine rings is 1. The molecular formula is C25H27FN4O3. The Morgan fingerprint density at radius 2 is 2.09 bits per heavy atom. The van der Waals surface area contributed by atoms with Crippen molar-refractivity contribution in [3.05, 3.63) is 54.1 Å². The normalized spacial score (nSPS) is 19.5. The predicted molar refractivity (Wildman–Crippen MR) is 124 cm³/mol. The van der Waals surface area contributed by atoms with Gasteiger partial charge < -0.3 is 19.7 Å². The van der Waals surface area contributed by atoms with E-state index in [0.29, 0.717) is 30.9 Å². The Kier molecular flexibility index (Phi) is 5.64. The fourth-order valence-corrected chi connectivity index (χ4v) is 4.65. The molecule has 0 unspecified atom stereocenters. The van der Waals surface area contributed by atoms with Gasteiger partial charge in [-0.1, -0.05) is 6.08 Å². The van der Waals surface area contributed by atoms with Crippen LogP contribution in [0.3, 0.4) is 0 Å². The Hall–Kier alpha value is -3.23. The number of aliphatic hydroxyl groups excluding tert-OH is 1. The molecule has 0 aliphatic carbocycles. The number of aliphatic hydroxyl groups is 1. The number of fused-ring (bicyclic) bond motifs is 1. The number of benzene rings is 1. The number of aromatic nitrogens is 2. The van der Waals surface area contributed by atoms with Crippen molar-refractivity contribution < 1.29 is 19.0 Å².